The summed E-state index contributed by atoms with van der Waals surface area (Å²) in [6.45, 7) is 0. The van der Waals surface area contributed by atoms with E-state index in [-0.39, 0.29) is 0 Å². The summed E-state index contributed by atoms with van der Waals surface area (Å²) in [5.41, 5.74) is 8.92. The van der Waals surface area contributed by atoms with Gasteiger partial charge in [0.05, 0.1) is 0 Å². The molecule has 11 rings (SSSR count). The van der Waals surface area contributed by atoms with Gasteiger partial charge in [0.1, 0.15) is 11.2 Å². The Bertz CT molecular complexity index is 3070. The van der Waals surface area contributed by atoms with Crippen LogP contribution in [0.1, 0.15) is 0 Å². The molecule has 0 aliphatic heterocycles. The predicted molar refractivity (Wildman–Crippen MR) is 209 cm³/mol. The average Bonchev–Trinajstić information content (AvgIpc) is 3.54. The van der Waals surface area contributed by atoms with Crippen LogP contribution in [0.3, 0.4) is 0 Å². The van der Waals surface area contributed by atoms with Crippen LogP contribution in [0.5, 0.6) is 0 Å². The second-order valence-electron chi connectivity index (χ2n) is 13.3. The molecule has 0 unspecified atom stereocenters. The van der Waals surface area contributed by atoms with Crippen molar-refractivity contribution in [3.63, 3.8) is 0 Å². The predicted octanol–water partition coefficient (Wildman–Crippen LogP) is 13.8. The molecule has 0 fully saturated rings. The third-order valence-corrected chi connectivity index (χ3v) is 10.6. The fraction of sp³-hybridized carbons (Fsp3) is 0. The Morgan fingerprint density at radius 1 is 0.286 bits per heavy atom. The first-order chi connectivity index (χ1) is 24.3. The molecule has 1 aromatic heterocycles. The molecule has 0 spiro atoms. The lowest BCUT2D eigenvalue weighted by molar-refractivity contribution is 0.670. The van der Waals surface area contributed by atoms with E-state index in [0.29, 0.717) is 0 Å². The van der Waals surface area contributed by atoms with Crippen molar-refractivity contribution in [2.24, 2.45) is 0 Å². The topological polar surface area (TPSA) is 13.1 Å². The highest BCUT2D eigenvalue weighted by molar-refractivity contribution is 6.28. The van der Waals surface area contributed by atoms with Gasteiger partial charge in [0.15, 0.2) is 0 Å². The highest BCUT2D eigenvalue weighted by atomic mass is 16.3. The van der Waals surface area contributed by atoms with Crippen molar-refractivity contribution in [2.45, 2.75) is 0 Å². The van der Waals surface area contributed by atoms with Gasteiger partial charge in [-0.1, -0.05) is 140 Å². The van der Waals surface area contributed by atoms with E-state index in [4.69, 9.17) is 4.42 Å². The van der Waals surface area contributed by atoms with Gasteiger partial charge in [-0.3, -0.25) is 0 Å². The molecule has 0 aliphatic rings. The lowest BCUT2D eigenvalue weighted by Crippen LogP contribution is -1.89. The van der Waals surface area contributed by atoms with E-state index in [1.54, 1.807) is 0 Å². The Kier molecular flexibility index (Phi) is 5.45. The zero-order valence-corrected chi connectivity index (χ0v) is 26.6. The summed E-state index contributed by atoms with van der Waals surface area (Å²) in [6, 6.07) is 62.1. The molecule has 0 saturated carbocycles. The molecule has 0 saturated heterocycles. The second kappa shape index (κ2) is 10.0. The van der Waals surface area contributed by atoms with Gasteiger partial charge < -0.3 is 4.42 Å². The molecule has 10 aromatic carbocycles. The molecule has 0 N–H and O–H groups in total. The minimum Gasteiger partial charge on any atom is -0.455 e. The highest BCUT2D eigenvalue weighted by Crippen LogP contribution is 2.46. The van der Waals surface area contributed by atoms with Crippen molar-refractivity contribution in [1.82, 2.24) is 0 Å². The molecular formula is C48H28O. The van der Waals surface area contributed by atoms with Gasteiger partial charge in [0, 0.05) is 16.3 Å². The zero-order valence-electron chi connectivity index (χ0n) is 26.6. The van der Waals surface area contributed by atoms with Crippen molar-refractivity contribution in [2.75, 3.05) is 0 Å². The summed E-state index contributed by atoms with van der Waals surface area (Å²) in [5.74, 6) is 0. The second-order valence-corrected chi connectivity index (χ2v) is 13.3. The van der Waals surface area contributed by atoms with E-state index in [0.717, 1.165) is 33.1 Å². The molecule has 11 aromatic rings. The van der Waals surface area contributed by atoms with Crippen LogP contribution in [0.25, 0.3) is 109 Å². The highest BCUT2D eigenvalue weighted by Gasteiger charge is 2.21. The van der Waals surface area contributed by atoms with E-state index >= 15 is 0 Å². The smallest absolute Gasteiger partial charge is 0.143 e. The van der Waals surface area contributed by atoms with Crippen LogP contribution in [0.2, 0.25) is 0 Å². The normalized spacial score (nSPS) is 12.1. The summed E-state index contributed by atoms with van der Waals surface area (Å²) in [7, 11) is 0. The minimum absolute atomic E-state index is 0.903. The van der Waals surface area contributed by atoms with Gasteiger partial charge in [-0.15, -0.1) is 0 Å². The van der Waals surface area contributed by atoms with Crippen molar-refractivity contribution in [3.8, 4) is 33.4 Å². The van der Waals surface area contributed by atoms with Gasteiger partial charge in [-0.05, 0) is 112 Å². The fourth-order valence-electron chi connectivity index (χ4n) is 8.21. The van der Waals surface area contributed by atoms with Gasteiger partial charge in [-0.25, -0.2) is 0 Å². The van der Waals surface area contributed by atoms with Gasteiger partial charge in [-0.2, -0.15) is 0 Å². The first-order valence-corrected chi connectivity index (χ1v) is 16.9. The fourth-order valence-corrected chi connectivity index (χ4v) is 8.21. The van der Waals surface area contributed by atoms with Crippen molar-refractivity contribution in [1.29, 1.82) is 0 Å². The third-order valence-electron chi connectivity index (χ3n) is 10.6. The molecule has 0 atom stereocenters. The number of furan rings is 1. The van der Waals surface area contributed by atoms with Crippen LogP contribution in [0.15, 0.2) is 174 Å². The standard InChI is InChI=1S/C48H28O/c1-2-7-29(8-3-1)35-16-17-36-27-43-44(28-38(36)26-35)49-48-39(37-18-13-30-9-4-5-10-34(30)25-37)23-24-42(47(43)48)40-21-19-33-15-14-31-11-6-12-32-20-22-41(40)46(33)45(31)32/h1-28H. The Morgan fingerprint density at radius 2 is 0.898 bits per heavy atom. The van der Waals surface area contributed by atoms with Crippen LogP contribution in [0.4, 0.5) is 0 Å². The van der Waals surface area contributed by atoms with Crippen LogP contribution < -0.4 is 0 Å². The lowest BCUT2D eigenvalue weighted by Gasteiger charge is -2.15. The summed E-state index contributed by atoms with van der Waals surface area (Å²) in [6.07, 6.45) is 0. The van der Waals surface area contributed by atoms with Crippen LogP contribution in [-0.4, -0.2) is 0 Å². The Hall–Kier alpha value is -6.44. The van der Waals surface area contributed by atoms with Crippen LogP contribution in [0, 0.1) is 0 Å². The zero-order chi connectivity index (χ0) is 32.1. The minimum atomic E-state index is 0.903. The van der Waals surface area contributed by atoms with E-state index in [2.05, 4.69) is 170 Å². The third kappa shape index (κ3) is 3.94. The van der Waals surface area contributed by atoms with Crippen molar-refractivity contribution < 1.29 is 4.42 Å². The molecule has 0 bridgehead atoms. The maximum Gasteiger partial charge on any atom is 0.143 e. The number of fused-ring (bicyclic) bond motifs is 5. The monoisotopic (exact) mass is 620 g/mol. The molecule has 49 heavy (non-hydrogen) atoms. The molecule has 0 aliphatic carbocycles. The molecule has 226 valence electrons. The molecule has 1 heterocycles. The number of benzene rings is 10. The van der Waals surface area contributed by atoms with Crippen molar-refractivity contribution in [3.05, 3.63) is 170 Å². The molecule has 0 radical (unpaired) electrons. The molecule has 0 amide bonds. The average molecular weight is 621 g/mol. The summed E-state index contributed by atoms with van der Waals surface area (Å²) >= 11 is 0. The largest absolute Gasteiger partial charge is 0.455 e. The van der Waals surface area contributed by atoms with E-state index in [9.17, 15) is 0 Å². The van der Waals surface area contributed by atoms with Crippen LogP contribution in [-0.2, 0) is 0 Å². The van der Waals surface area contributed by atoms with E-state index in [1.165, 1.54) is 76.1 Å². The van der Waals surface area contributed by atoms with Gasteiger partial charge in [0.25, 0.3) is 0 Å². The summed E-state index contributed by atoms with van der Waals surface area (Å²) < 4.78 is 6.99. The first kappa shape index (κ1) is 26.6. The quantitative estimate of drug-likeness (QED) is 0.179. The number of hydrogen-bond acceptors (Lipinski definition) is 1. The van der Waals surface area contributed by atoms with Gasteiger partial charge >= 0.3 is 0 Å². The lowest BCUT2D eigenvalue weighted by atomic mass is 9.87. The summed E-state index contributed by atoms with van der Waals surface area (Å²) in [4.78, 5) is 0. The SMILES string of the molecule is c1ccc(-c2ccc3cc4c(cc3c2)oc2c(-c3ccc5ccccc5c3)ccc(-c3ccc5ccc6cccc7ccc3c5c67)c24)cc1. The van der Waals surface area contributed by atoms with E-state index in [1.807, 2.05) is 0 Å². The van der Waals surface area contributed by atoms with E-state index < -0.39 is 0 Å². The Labute approximate surface area is 282 Å². The first-order valence-electron chi connectivity index (χ1n) is 16.9. The molecule has 1 nitrogen and oxygen atoms in total. The summed E-state index contributed by atoms with van der Waals surface area (Å²) in [5, 5.41) is 14.9. The molecule has 1 heteroatoms. The Balaban J connectivity index is 1.23. The van der Waals surface area contributed by atoms with Crippen molar-refractivity contribution >= 4 is 75.8 Å². The van der Waals surface area contributed by atoms with Gasteiger partial charge in [0.2, 0.25) is 0 Å². The maximum absolute atomic E-state index is 6.99. The van der Waals surface area contributed by atoms with Crippen LogP contribution >= 0.6 is 0 Å². The maximum atomic E-state index is 6.99. The Morgan fingerprint density at radius 3 is 1.78 bits per heavy atom. The number of hydrogen-bond donors (Lipinski definition) is 0. The molecular weight excluding hydrogens is 593 g/mol. The number of rotatable bonds is 3.